The summed E-state index contributed by atoms with van der Waals surface area (Å²) in [6.07, 6.45) is 2.91. The Bertz CT molecular complexity index is 1320. The van der Waals surface area contributed by atoms with E-state index in [2.05, 4.69) is 10.6 Å². The zero-order valence-electron chi connectivity index (χ0n) is 24.6. The summed E-state index contributed by atoms with van der Waals surface area (Å²) >= 11 is 0. The van der Waals surface area contributed by atoms with Crippen LogP contribution in [0.25, 0.3) is 0 Å². The van der Waals surface area contributed by atoms with Crippen LogP contribution in [0.15, 0.2) is 48.5 Å². The van der Waals surface area contributed by atoms with Gasteiger partial charge in [-0.2, -0.15) is 0 Å². The number of alkyl carbamates (subject to hydrolysis) is 1. The third kappa shape index (κ3) is 7.03. The van der Waals surface area contributed by atoms with Crippen LogP contribution in [-0.4, -0.2) is 47.7 Å². The van der Waals surface area contributed by atoms with Crippen molar-refractivity contribution in [1.82, 2.24) is 10.2 Å². The van der Waals surface area contributed by atoms with Gasteiger partial charge in [0.25, 0.3) is 0 Å². The fourth-order valence-corrected chi connectivity index (χ4v) is 5.73. The molecule has 10 nitrogen and oxygen atoms in total. The summed E-state index contributed by atoms with van der Waals surface area (Å²) < 4.78 is 16.0. The van der Waals surface area contributed by atoms with Crippen LogP contribution in [0.5, 0.6) is 0 Å². The van der Waals surface area contributed by atoms with Crippen LogP contribution in [0.1, 0.15) is 69.2 Å². The second kappa shape index (κ2) is 12.0. The highest BCUT2D eigenvalue weighted by Gasteiger charge is 2.48. The summed E-state index contributed by atoms with van der Waals surface area (Å²) in [6.45, 7) is 5.50. The number of methoxy groups -OCH3 is 1. The SMILES string of the molecule is COC(=O)C1c2ccc(NC(=O)[C@@H](NC(=O)OCc3ccccc3)C(C3CC3)C3CC3)cc2CN1C(=O)OC(C)(C)C. The summed E-state index contributed by atoms with van der Waals surface area (Å²) in [5, 5.41) is 5.85. The molecule has 2 aliphatic carbocycles. The van der Waals surface area contributed by atoms with E-state index in [4.69, 9.17) is 14.2 Å². The van der Waals surface area contributed by atoms with Crippen LogP contribution in [0, 0.1) is 17.8 Å². The first-order valence-electron chi connectivity index (χ1n) is 14.5. The number of anilines is 1. The van der Waals surface area contributed by atoms with Crippen molar-refractivity contribution in [1.29, 1.82) is 0 Å². The minimum absolute atomic E-state index is 0.0371. The monoisotopic (exact) mass is 577 g/mol. The lowest BCUT2D eigenvalue weighted by molar-refractivity contribution is -0.146. The van der Waals surface area contributed by atoms with E-state index >= 15 is 0 Å². The molecule has 1 heterocycles. The third-order valence-electron chi connectivity index (χ3n) is 7.90. The molecule has 2 aromatic rings. The van der Waals surface area contributed by atoms with Crippen molar-refractivity contribution in [3.05, 3.63) is 65.2 Å². The van der Waals surface area contributed by atoms with E-state index in [0.717, 1.165) is 31.2 Å². The minimum atomic E-state index is -0.951. The van der Waals surface area contributed by atoms with E-state index in [0.29, 0.717) is 28.7 Å². The second-order valence-corrected chi connectivity index (χ2v) is 12.4. The van der Waals surface area contributed by atoms with Gasteiger partial charge in [-0.15, -0.1) is 0 Å². The van der Waals surface area contributed by atoms with Gasteiger partial charge in [0.05, 0.1) is 13.7 Å². The van der Waals surface area contributed by atoms with Gasteiger partial charge in [-0.1, -0.05) is 36.4 Å². The quantitative estimate of drug-likeness (QED) is 0.305. The number of carbonyl (C=O) groups is 4. The Morgan fingerprint density at radius 1 is 0.976 bits per heavy atom. The first kappa shape index (κ1) is 29.4. The van der Waals surface area contributed by atoms with Crippen molar-refractivity contribution in [3.63, 3.8) is 0 Å². The molecule has 224 valence electrons. The molecule has 1 unspecified atom stereocenters. The fraction of sp³-hybridized carbons (Fsp3) is 0.500. The smallest absolute Gasteiger partial charge is 0.411 e. The summed E-state index contributed by atoms with van der Waals surface area (Å²) in [4.78, 5) is 53.5. The fourth-order valence-electron chi connectivity index (χ4n) is 5.73. The Morgan fingerprint density at radius 2 is 1.64 bits per heavy atom. The number of hydrogen-bond acceptors (Lipinski definition) is 7. The number of ether oxygens (including phenoxy) is 3. The molecule has 2 aromatic carbocycles. The predicted molar refractivity (Wildman–Crippen MR) is 154 cm³/mol. The molecule has 3 aliphatic rings. The molecule has 3 amide bonds. The second-order valence-electron chi connectivity index (χ2n) is 12.4. The Hall–Kier alpha value is -4.08. The third-order valence-corrected chi connectivity index (χ3v) is 7.90. The topological polar surface area (TPSA) is 123 Å². The average molecular weight is 578 g/mol. The molecule has 1 aliphatic heterocycles. The van der Waals surface area contributed by atoms with Crippen molar-refractivity contribution in [2.24, 2.45) is 17.8 Å². The molecule has 5 rings (SSSR count). The van der Waals surface area contributed by atoms with Crippen LogP contribution in [-0.2, 0) is 37.0 Å². The van der Waals surface area contributed by atoms with Crippen LogP contribution >= 0.6 is 0 Å². The average Bonchev–Trinajstić information content (AvgIpc) is 3.89. The van der Waals surface area contributed by atoms with E-state index in [-0.39, 0.29) is 25.0 Å². The van der Waals surface area contributed by atoms with Gasteiger partial charge in [0.2, 0.25) is 5.91 Å². The standard InChI is InChI=1S/C32H39N3O7/c1-32(2,3)42-31(39)35-17-22-16-23(14-15-24(22)27(35)29(37)40-4)33-28(36)26(25(20-10-11-20)21-12-13-21)34-30(38)41-18-19-8-6-5-7-9-19/h5-9,14-16,20-21,25-27H,10-13,17-18H2,1-4H3,(H,33,36)(H,34,38)/t26-,27?/m0/s1. The molecule has 2 N–H and O–H groups in total. The van der Waals surface area contributed by atoms with Crippen LogP contribution in [0.4, 0.5) is 15.3 Å². The normalized spacial score (nSPS) is 18.6. The van der Waals surface area contributed by atoms with Crippen molar-refractivity contribution in [2.45, 2.75) is 77.3 Å². The molecule has 0 radical (unpaired) electrons. The lowest BCUT2D eigenvalue weighted by Crippen LogP contribution is -2.50. The van der Waals surface area contributed by atoms with Gasteiger partial charge in [0.15, 0.2) is 6.04 Å². The van der Waals surface area contributed by atoms with E-state index in [1.165, 1.54) is 12.0 Å². The van der Waals surface area contributed by atoms with Gasteiger partial charge < -0.3 is 24.8 Å². The number of nitrogens with zero attached hydrogens (tertiary/aromatic N) is 1. The Labute approximate surface area is 246 Å². The highest BCUT2D eigenvalue weighted by molar-refractivity contribution is 5.97. The molecule has 2 atom stereocenters. The number of hydrogen-bond donors (Lipinski definition) is 2. The Balaban J connectivity index is 1.32. The Morgan fingerprint density at radius 3 is 2.24 bits per heavy atom. The molecule has 0 saturated heterocycles. The number of esters is 1. The molecule has 10 heteroatoms. The molecule has 0 bridgehead atoms. The number of carbonyl (C=O) groups excluding carboxylic acids is 4. The van der Waals surface area contributed by atoms with Crippen molar-refractivity contribution in [2.75, 3.05) is 12.4 Å². The first-order chi connectivity index (χ1) is 20.0. The number of nitrogens with one attached hydrogen (secondary N) is 2. The first-order valence-corrected chi connectivity index (χ1v) is 14.5. The number of benzene rings is 2. The van der Waals surface area contributed by atoms with Gasteiger partial charge in [0.1, 0.15) is 18.2 Å². The zero-order valence-corrected chi connectivity index (χ0v) is 24.6. The van der Waals surface area contributed by atoms with Gasteiger partial charge >= 0.3 is 18.2 Å². The van der Waals surface area contributed by atoms with E-state index in [9.17, 15) is 19.2 Å². The number of amides is 3. The summed E-state index contributed by atoms with van der Waals surface area (Å²) in [6, 6.07) is 12.8. The molecule has 42 heavy (non-hydrogen) atoms. The maximum Gasteiger partial charge on any atom is 0.411 e. The number of rotatable bonds is 9. The highest BCUT2D eigenvalue weighted by Crippen LogP contribution is 2.51. The lowest BCUT2D eigenvalue weighted by atomic mass is 9.88. The molecule has 0 aromatic heterocycles. The van der Waals surface area contributed by atoms with Crippen molar-refractivity contribution < 1.29 is 33.4 Å². The predicted octanol–water partition coefficient (Wildman–Crippen LogP) is 5.32. The summed E-state index contributed by atoms with van der Waals surface area (Å²) in [5.41, 5.74) is 1.93. The summed E-state index contributed by atoms with van der Waals surface area (Å²) in [7, 11) is 1.27. The molecular formula is C32H39N3O7. The van der Waals surface area contributed by atoms with E-state index in [1.807, 2.05) is 30.3 Å². The molecular weight excluding hydrogens is 538 g/mol. The zero-order chi connectivity index (χ0) is 30.0. The van der Waals surface area contributed by atoms with Crippen LogP contribution < -0.4 is 10.6 Å². The maximum absolute atomic E-state index is 13.7. The van der Waals surface area contributed by atoms with Crippen molar-refractivity contribution >= 4 is 29.8 Å². The Kier molecular flexibility index (Phi) is 8.43. The lowest BCUT2D eigenvalue weighted by Gasteiger charge is -2.27. The van der Waals surface area contributed by atoms with Crippen LogP contribution in [0.3, 0.4) is 0 Å². The summed E-state index contributed by atoms with van der Waals surface area (Å²) in [5.74, 6) is -0.0693. The van der Waals surface area contributed by atoms with Gasteiger partial charge in [-0.05, 0) is 93.0 Å². The van der Waals surface area contributed by atoms with Gasteiger partial charge in [-0.25, -0.2) is 14.4 Å². The van der Waals surface area contributed by atoms with Gasteiger partial charge in [-0.3, -0.25) is 9.69 Å². The highest BCUT2D eigenvalue weighted by atomic mass is 16.6. The van der Waals surface area contributed by atoms with E-state index < -0.39 is 35.8 Å². The van der Waals surface area contributed by atoms with Crippen molar-refractivity contribution in [3.8, 4) is 0 Å². The largest absolute Gasteiger partial charge is 0.467 e. The van der Waals surface area contributed by atoms with Gasteiger partial charge in [0, 0.05) is 5.69 Å². The molecule has 2 saturated carbocycles. The number of fused-ring (bicyclic) bond motifs is 1. The van der Waals surface area contributed by atoms with E-state index in [1.54, 1.807) is 39.0 Å². The molecule has 0 spiro atoms. The minimum Gasteiger partial charge on any atom is -0.467 e. The molecule has 2 fully saturated rings. The maximum atomic E-state index is 13.7. The van der Waals surface area contributed by atoms with Crippen LogP contribution in [0.2, 0.25) is 0 Å².